The molecular weight excluding hydrogens is 544 g/mol. The van der Waals surface area contributed by atoms with E-state index in [1.807, 2.05) is 128 Å². The minimum Gasteiger partial charge on any atom is -0.300 e. The average molecular weight is 601 g/mol. The second-order valence-electron chi connectivity index (χ2n) is 13.0. The number of ketones is 4. The predicted octanol–water partition coefficient (Wildman–Crippen LogP) is 10.3. The zero-order valence-electron chi connectivity index (χ0n) is 29.0. The maximum atomic E-state index is 12.6. The highest BCUT2D eigenvalue weighted by Crippen LogP contribution is 2.26. The van der Waals surface area contributed by atoms with Crippen molar-refractivity contribution in [1.82, 2.24) is 0 Å². The Kier molecular flexibility index (Phi) is 19.4. The molecule has 0 aliphatic heterocycles. The number of carbonyl (C=O) groups excluding carboxylic acids is 4. The van der Waals surface area contributed by atoms with Crippen LogP contribution in [0.3, 0.4) is 0 Å². The highest BCUT2D eigenvalue weighted by Gasteiger charge is 2.25. The fourth-order valence-electron chi connectivity index (χ4n) is 4.01. The Labute approximate surface area is 267 Å². The van der Waals surface area contributed by atoms with Gasteiger partial charge in [0.15, 0.2) is 11.6 Å². The van der Waals surface area contributed by atoms with Gasteiger partial charge in [0.25, 0.3) is 0 Å². The maximum absolute atomic E-state index is 12.6. The van der Waals surface area contributed by atoms with Crippen LogP contribution in [0.1, 0.15) is 108 Å². The Morgan fingerprint density at radius 2 is 0.727 bits per heavy atom. The third-order valence-electron chi connectivity index (χ3n) is 7.26. The summed E-state index contributed by atoms with van der Waals surface area (Å²) >= 11 is 0. The first-order valence-corrected chi connectivity index (χ1v) is 15.6. The van der Waals surface area contributed by atoms with E-state index in [4.69, 9.17) is 0 Å². The van der Waals surface area contributed by atoms with Crippen LogP contribution in [0, 0.1) is 10.8 Å². The molecule has 0 saturated heterocycles. The van der Waals surface area contributed by atoms with Gasteiger partial charge in [-0.2, -0.15) is 0 Å². The highest BCUT2D eigenvalue weighted by atomic mass is 16.1. The fourth-order valence-corrected chi connectivity index (χ4v) is 4.01. The van der Waals surface area contributed by atoms with Crippen molar-refractivity contribution in [2.75, 3.05) is 0 Å². The molecular formula is C40H56O4. The van der Waals surface area contributed by atoms with Crippen molar-refractivity contribution in [2.45, 2.75) is 108 Å². The smallest absolute Gasteiger partial charge is 0.161 e. The molecule has 0 fully saturated rings. The van der Waals surface area contributed by atoms with E-state index in [2.05, 4.69) is 0 Å². The minimum absolute atomic E-state index is 0.0745. The van der Waals surface area contributed by atoms with Gasteiger partial charge in [-0.25, -0.2) is 0 Å². The highest BCUT2D eigenvalue weighted by molar-refractivity contribution is 5.95. The van der Waals surface area contributed by atoms with Gasteiger partial charge in [-0.3, -0.25) is 9.59 Å². The molecule has 0 aliphatic rings. The van der Waals surface area contributed by atoms with Crippen molar-refractivity contribution in [3.05, 3.63) is 107 Å². The molecule has 0 rings (SSSR count). The van der Waals surface area contributed by atoms with Gasteiger partial charge in [0, 0.05) is 23.7 Å². The molecule has 0 radical (unpaired) electrons. The van der Waals surface area contributed by atoms with Crippen molar-refractivity contribution < 1.29 is 19.2 Å². The molecule has 0 bridgehead atoms. The number of hydrogen-bond acceptors (Lipinski definition) is 4. The Morgan fingerprint density at radius 1 is 0.432 bits per heavy atom. The Bertz CT molecular complexity index is 1170. The molecule has 0 N–H and O–H groups in total. The topological polar surface area (TPSA) is 68.3 Å². The van der Waals surface area contributed by atoms with Crippen LogP contribution in [0.5, 0.6) is 0 Å². The Hall–Kier alpha value is -3.66. The van der Waals surface area contributed by atoms with E-state index in [1.54, 1.807) is 26.0 Å². The molecule has 0 aromatic heterocycles. The zero-order valence-corrected chi connectivity index (χ0v) is 29.0. The van der Waals surface area contributed by atoms with Crippen molar-refractivity contribution in [1.29, 1.82) is 0 Å². The molecule has 0 aromatic rings. The van der Waals surface area contributed by atoms with Crippen molar-refractivity contribution in [3.63, 3.8) is 0 Å². The van der Waals surface area contributed by atoms with Crippen LogP contribution in [0.25, 0.3) is 0 Å². The third-order valence-corrected chi connectivity index (χ3v) is 7.26. The molecule has 240 valence electrons. The van der Waals surface area contributed by atoms with Crippen LogP contribution >= 0.6 is 0 Å². The lowest BCUT2D eigenvalue weighted by Crippen LogP contribution is -2.22. The van der Waals surface area contributed by atoms with Gasteiger partial charge in [0.1, 0.15) is 11.6 Å². The summed E-state index contributed by atoms with van der Waals surface area (Å²) in [6.07, 6.45) is 30.8. The van der Waals surface area contributed by atoms with Crippen LogP contribution < -0.4 is 0 Å². The molecule has 4 heteroatoms. The van der Waals surface area contributed by atoms with Crippen LogP contribution in [0.4, 0.5) is 0 Å². The van der Waals surface area contributed by atoms with E-state index < -0.39 is 10.8 Å². The van der Waals surface area contributed by atoms with Crippen molar-refractivity contribution in [3.8, 4) is 0 Å². The Balaban J connectivity index is 4.88. The van der Waals surface area contributed by atoms with Gasteiger partial charge >= 0.3 is 0 Å². The quantitative estimate of drug-likeness (QED) is 0.103. The van der Waals surface area contributed by atoms with Gasteiger partial charge in [-0.1, -0.05) is 123 Å². The SMILES string of the molecule is CC(=O)CCCC(C)(C)C(=O)\C=C/C(C)=C/C=C/C(C)=C\C=C/C=C(C)/C=C/C=C(C)/C=C/C(=O)C(C)(C)CCCC(C)=O. The van der Waals surface area contributed by atoms with E-state index in [0.29, 0.717) is 25.7 Å². The third kappa shape index (κ3) is 20.3. The summed E-state index contributed by atoms with van der Waals surface area (Å²) in [5, 5.41) is 0. The van der Waals surface area contributed by atoms with Crippen LogP contribution in [0.2, 0.25) is 0 Å². The van der Waals surface area contributed by atoms with Gasteiger partial charge in [0.05, 0.1) is 0 Å². The first kappa shape index (κ1) is 40.3. The fraction of sp³-hybridized carbons (Fsp3) is 0.450. The second kappa shape index (κ2) is 21.1. The van der Waals surface area contributed by atoms with Gasteiger partial charge < -0.3 is 9.59 Å². The van der Waals surface area contributed by atoms with E-state index in [0.717, 1.165) is 35.1 Å². The summed E-state index contributed by atoms with van der Waals surface area (Å²) in [6.45, 7) is 18.9. The summed E-state index contributed by atoms with van der Waals surface area (Å²) in [7, 11) is 0. The number of Topliss-reactive ketones (excluding diaryl/α,β-unsaturated/α-hetero) is 2. The number of hydrogen-bond donors (Lipinski definition) is 0. The summed E-state index contributed by atoms with van der Waals surface area (Å²) < 4.78 is 0. The molecule has 0 aliphatic carbocycles. The van der Waals surface area contributed by atoms with Crippen molar-refractivity contribution >= 4 is 23.1 Å². The summed E-state index contributed by atoms with van der Waals surface area (Å²) in [5.41, 5.74) is 3.22. The number of allylic oxidation sites excluding steroid dienone is 18. The molecule has 0 spiro atoms. The largest absolute Gasteiger partial charge is 0.300 e. The van der Waals surface area contributed by atoms with Gasteiger partial charge in [0.2, 0.25) is 0 Å². The summed E-state index contributed by atoms with van der Waals surface area (Å²) in [6, 6.07) is 0. The molecule has 44 heavy (non-hydrogen) atoms. The molecule has 0 saturated carbocycles. The van der Waals surface area contributed by atoms with E-state index in [1.165, 1.54) is 0 Å². The maximum Gasteiger partial charge on any atom is 0.161 e. The van der Waals surface area contributed by atoms with E-state index in [9.17, 15) is 19.2 Å². The normalized spacial score (nSPS) is 14.7. The minimum atomic E-state index is -0.471. The van der Waals surface area contributed by atoms with Crippen molar-refractivity contribution in [2.24, 2.45) is 10.8 Å². The lowest BCUT2D eigenvalue weighted by atomic mass is 9.82. The Morgan fingerprint density at radius 3 is 1.05 bits per heavy atom. The lowest BCUT2D eigenvalue weighted by molar-refractivity contribution is -0.123. The lowest BCUT2D eigenvalue weighted by Gasteiger charge is -2.20. The first-order chi connectivity index (χ1) is 20.5. The molecule has 0 unspecified atom stereocenters. The van der Waals surface area contributed by atoms with Crippen LogP contribution in [-0.4, -0.2) is 23.1 Å². The predicted molar refractivity (Wildman–Crippen MR) is 187 cm³/mol. The molecule has 0 amide bonds. The first-order valence-electron chi connectivity index (χ1n) is 15.6. The van der Waals surface area contributed by atoms with Crippen LogP contribution in [0.15, 0.2) is 107 Å². The monoisotopic (exact) mass is 600 g/mol. The van der Waals surface area contributed by atoms with Crippen LogP contribution in [-0.2, 0) is 19.2 Å². The van der Waals surface area contributed by atoms with E-state index in [-0.39, 0.29) is 23.1 Å². The van der Waals surface area contributed by atoms with Gasteiger partial charge in [-0.15, -0.1) is 0 Å². The summed E-state index contributed by atoms with van der Waals surface area (Å²) in [4.78, 5) is 47.4. The van der Waals surface area contributed by atoms with Gasteiger partial charge in [-0.05, 0) is 79.4 Å². The molecule has 0 aromatic carbocycles. The molecule has 4 nitrogen and oxygen atoms in total. The molecule has 0 atom stereocenters. The average Bonchev–Trinajstić information content (AvgIpc) is 2.91. The molecule has 0 heterocycles. The van der Waals surface area contributed by atoms with E-state index >= 15 is 0 Å². The standard InChI is InChI=1S/C40H56O4/c1-31(19-13-21-33(3)25-27-37(43)39(7,8)29-15-23-35(5)41)17-11-12-18-32(2)20-14-22-34(4)26-28-38(44)40(9,10)30-16-24-36(6)42/h11-14,17-22,25-28H,15-16,23-24,29-30H2,1-10H3/b12-11-,19-13+,20-14+,27-25-,28-26+,31-17-,32-18+,33-21+,34-22+. The second-order valence-corrected chi connectivity index (χ2v) is 13.0. The summed E-state index contributed by atoms with van der Waals surface area (Å²) in [5.74, 6) is 0.469. The zero-order chi connectivity index (χ0) is 33.8. The number of carbonyl (C=O) groups is 4. The number of rotatable bonds is 20.